The van der Waals surface area contributed by atoms with Gasteiger partial charge in [-0.1, -0.05) is 0 Å². The molecule has 2 rings (SSSR count). The number of hydrogen-bond acceptors (Lipinski definition) is 3. The van der Waals surface area contributed by atoms with Crippen LogP contribution in [0.25, 0.3) is 0 Å². The van der Waals surface area contributed by atoms with Crippen LogP contribution in [0.15, 0.2) is 18.3 Å². The molecule has 4 heteroatoms. The van der Waals surface area contributed by atoms with Gasteiger partial charge in [-0.15, -0.1) is 0 Å². The molecule has 1 aliphatic carbocycles. The smallest absolute Gasteiger partial charge is 0.354 e. The fraction of sp³-hybridized carbons (Fsp3) is 0.400. The molecule has 1 atom stereocenters. The minimum atomic E-state index is -1.00. The SMILES string of the molecule is N[C@H](c1ccnc(C(=O)O)c1)C1CC1. The molecule has 0 unspecified atom stereocenters. The average molecular weight is 192 g/mol. The third-order valence-corrected chi connectivity index (χ3v) is 2.52. The summed E-state index contributed by atoms with van der Waals surface area (Å²) in [6, 6.07) is 3.32. The number of hydrogen-bond donors (Lipinski definition) is 2. The number of pyridine rings is 1. The summed E-state index contributed by atoms with van der Waals surface area (Å²) in [7, 11) is 0. The zero-order valence-corrected chi connectivity index (χ0v) is 7.68. The van der Waals surface area contributed by atoms with Crippen molar-refractivity contribution in [3.63, 3.8) is 0 Å². The lowest BCUT2D eigenvalue weighted by atomic mass is 10.0. The molecule has 0 spiro atoms. The van der Waals surface area contributed by atoms with Crippen LogP contribution in [0.1, 0.15) is 34.9 Å². The second-order valence-electron chi connectivity index (χ2n) is 3.64. The van der Waals surface area contributed by atoms with E-state index in [4.69, 9.17) is 10.8 Å². The first-order chi connectivity index (χ1) is 6.68. The molecule has 0 amide bonds. The summed E-state index contributed by atoms with van der Waals surface area (Å²) in [5, 5.41) is 8.74. The Hall–Kier alpha value is -1.42. The van der Waals surface area contributed by atoms with E-state index in [1.54, 1.807) is 12.1 Å². The molecule has 0 saturated heterocycles. The molecule has 1 heterocycles. The predicted molar refractivity (Wildman–Crippen MR) is 50.8 cm³/mol. The molecule has 3 N–H and O–H groups in total. The Morgan fingerprint density at radius 2 is 2.36 bits per heavy atom. The third kappa shape index (κ3) is 1.75. The molecule has 74 valence electrons. The van der Waals surface area contributed by atoms with Crippen molar-refractivity contribution in [2.45, 2.75) is 18.9 Å². The highest BCUT2D eigenvalue weighted by Gasteiger charge is 2.29. The third-order valence-electron chi connectivity index (χ3n) is 2.52. The molecule has 0 radical (unpaired) electrons. The zero-order chi connectivity index (χ0) is 10.1. The molecule has 1 saturated carbocycles. The molecule has 0 aromatic carbocycles. The van der Waals surface area contributed by atoms with Gasteiger partial charge in [0, 0.05) is 12.2 Å². The molecule has 1 aliphatic rings. The highest BCUT2D eigenvalue weighted by atomic mass is 16.4. The number of nitrogens with zero attached hydrogens (tertiary/aromatic N) is 1. The van der Waals surface area contributed by atoms with Crippen LogP contribution in [-0.4, -0.2) is 16.1 Å². The topological polar surface area (TPSA) is 76.2 Å². The van der Waals surface area contributed by atoms with Crippen molar-refractivity contribution in [2.75, 3.05) is 0 Å². The van der Waals surface area contributed by atoms with Gasteiger partial charge >= 0.3 is 5.97 Å². The van der Waals surface area contributed by atoms with Gasteiger partial charge in [0.15, 0.2) is 0 Å². The largest absolute Gasteiger partial charge is 0.477 e. The van der Waals surface area contributed by atoms with Crippen molar-refractivity contribution in [3.05, 3.63) is 29.6 Å². The van der Waals surface area contributed by atoms with Crippen LogP contribution in [0, 0.1) is 5.92 Å². The van der Waals surface area contributed by atoms with Crippen LogP contribution in [-0.2, 0) is 0 Å². The highest BCUT2D eigenvalue weighted by Crippen LogP contribution is 2.39. The van der Waals surface area contributed by atoms with Crippen molar-refractivity contribution in [1.82, 2.24) is 4.98 Å². The normalized spacial score (nSPS) is 17.8. The number of rotatable bonds is 3. The van der Waals surface area contributed by atoms with Crippen LogP contribution in [0.5, 0.6) is 0 Å². The Bertz CT molecular complexity index is 361. The second-order valence-corrected chi connectivity index (χ2v) is 3.64. The van der Waals surface area contributed by atoms with Gasteiger partial charge in [-0.3, -0.25) is 0 Å². The highest BCUT2D eigenvalue weighted by molar-refractivity contribution is 5.85. The molecule has 1 fully saturated rings. The van der Waals surface area contributed by atoms with Gasteiger partial charge in [0.05, 0.1) is 0 Å². The molecule has 0 bridgehead atoms. The first-order valence-corrected chi connectivity index (χ1v) is 4.63. The van der Waals surface area contributed by atoms with Crippen molar-refractivity contribution >= 4 is 5.97 Å². The Morgan fingerprint density at radius 1 is 1.64 bits per heavy atom. The van der Waals surface area contributed by atoms with Gasteiger partial charge < -0.3 is 10.8 Å². The van der Waals surface area contributed by atoms with E-state index < -0.39 is 5.97 Å². The van der Waals surface area contributed by atoms with Crippen LogP contribution in [0.3, 0.4) is 0 Å². The Morgan fingerprint density at radius 3 is 2.93 bits per heavy atom. The monoisotopic (exact) mass is 192 g/mol. The summed E-state index contributed by atoms with van der Waals surface area (Å²) < 4.78 is 0. The Labute approximate surface area is 81.8 Å². The number of nitrogens with two attached hydrogens (primary N) is 1. The summed E-state index contributed by atoms with van der Waals surface area (Å²) >= 11 is 0. The number of aromatic carboxylic acids is 1. The maximum atomic E-state index is 10.7. The van der Waals surface area contributed by atoms with Crippen LogP contribution < -0.4 is 5.73 Å². The maximum absolute atomic E-state index is 10.7. The fourth-order valence-electron chi connectivity index (χ4n) is 1.50. The van der Waals surface area contributed by atoms with Gasteiger partial charge in [0.1, 0.15) is 5.69 Å². The van der Waals surface area contributed by atoms with Gasteiger partial charge in [-0.05, 0) is 36.5 Å². The van der Waals surface area contributed by atoms with Crippen LogP contribution in [0.2, 0.25) is 0 Å². The van der Waals surface area contributed by atoms with Crippen molar-refractivity contribution in [1.29, 1.82) is 0 Å². The second kappa shape index (κ2) is 3.38. The molecular formula is C10H12N2O2. The minimum Gasteiger partial charge on any atom is -0.477 e. The number of aromatic nitrogens is 1. The van der Waals surface area contributed by atoms with Gasteiger partial charge in [0.2, 0.25) is 0 Å². The van der Waals surface area contributed by atoms with Gasteiger partial charge in [-0.2, -0.15) is 0 Å². The lowest BCUT2D eigenvalue weighted by molar-refractivity contribution is 0.0690. The van der Waals surface area contributed by atoms with Crippen molar-refractivity contribution in [3.8, 4) is 0 Å². The van der Waals surface area contributed by atoms with Crippen LogP contribution in [0.4, 0.5) is 0 Å². The van der Waals surface area contributed by atoms with Crippen molar-refractivity contribution < 1.29 is 9.90 Å². The molecule has 4 nitrogen and oxygen atoms in total. The summed E-state index contributed by atoms with van der Waals surface area (Å²) in [5.41, 5.74) is 6.89. The van der Waals surface area contributed by atoms with E-state index in [0.29, 0.717) is 5.92 Å². The van der Waals surface area contributed by atoms with Crippen molar-refractivity contribution in [2.24, 2.45) is 11.7 Å². The van der Waals surface area contributed by atoms with Gasteiger partial charge in [0.25, 0.3) is 0 Å². The van der Waals surface area contributed by atoms with E-state index >= 15 is 0 Å². The first-order valence-electron chi connectivity index (χ1n) is 4.63. The zero-order valence-electron chi connectivity index (χ0n) is 7.68. The molecule has 1 aromatic heterocycles. The van der Waals surface area contributed by atoms with Crippen LogP contribution >= 0.6 is 0 Å². The van der Waals surface area contributed by atoms with E-state index in [-0.39, 0.29) is 11.7 Å². The average Bonchev–Trinajstić information content (AvgIpc) is 3.00. The van der Waals surface area contributed by atoms with Gasteiger partial charge in [-0.25, -0.2) is 9.78 Å². The Kier molecular flexibility index (Phi) is 2.21. The first kappa shape index (κ1) is 9.15. The predicted octanol–water partition coefficient (Wildman–Crippen LogP) is 1.19. The molecule has 1 aromatic rings. The number of carboxylic acids is 1. The van der Waals surface area contributed by atoms with E-state index in [1.807, 2.05) is 0 Å². The number of carbonyl (C=O) groups is 1. The minimum absolute atomic E-state index is 0.0314. The van der Waals surface area contributed by atoms with E-state index in [9.17, 15) is 4.79 Å². The summed E-state index contributed by atoms with van der Waals surface area (Å²) in [6.07, 6.45) is 3.79. The van der Waals surface area contributed by atoms with E-state index in [1.165, 1.54) is 6.20 Å². The lowest BCUT2D eigenvalue weighted by Crippen LogP contribution is -2.13. The van der Waals surface area contributed by atoms with E-state index in [2.05, 4.69) is 4.98 Å². The maximum Gasteiger partial charge on any atom is 0.354 e. The lowest BCUT2D eigenvalue weighted by Gasteiger charge is -2.10. The Balaban J connectivity index is 2.24. The summed E-state index contributed by atoms with van der Waals surface area (Å²) in [6.45, 7) is 0. The number of carboxylic acid groups (broad SMARTS) is 1. The summed E-state index contributed by atoms with van der Waals surface area (Å²) in [4.78, 5) is 14.4. The molecule has 14 heavy (non-hydrogen) atoms. The fourth-order valence-corrected chi connectivity index (χ4v) is 1.50. The standard InChI is InChI=1S/C10H12N2O2/c11-9(6-1-2-6)7-3-4-12-8(5-7)10(13)14/h3-6,9H,1-2,11H2,(H,13,14)/t9-/m0/s1. The summed E-state index contributed by atoms with van der Waals surface area (Å²) in [5.74, 6) is -0.478. The molecular weight excluding hydrogens is 180 g/mol. The molecule has 0 aliphatic heterocycles. The van der Waals surface area contributed by atoms with E-state index in [0.717, 1.165) is 18.4 Å². The quantitative estimate of drug-likeness (QED) is 0.754.